The summed E-state index contributed by atoms with van der Waals surface area (Å²) < 4.78 is 6.88. The molecule has 0 saturated heterocycles. The largest absolute Gasteiger partial charge is 0.433 e. The summed E-state index contributed by atoms with van der Waals surface area (Å²) in [6.45, 7) is 19.1. The van der Waals surface area contributed by atoms with Crippen LogP contribution in [-0.4, -0.2) is 29.0 Å². The fraction of sp³-hybridized carbons (Fsp3) is 1.00. The van der Waals surface area contributed by atoms with Crippen molar-refractivity contribution in [2.75, 3.05) is 0 Å². The van der Waals surface area contributed by atoms with Crippen LogP contribution < -0.4 is 9.96 Å². The Morgan fingerprint density at radius 1 is 0.600 bits per heavy atom. The molecule has 5 heteroatoms. The minimum atomic E-state index is -1.89. The van der Waals surface area contributed by atoms with Crippen LogP contribution >= 0.6 is 0 Å². The average Bonchev–Trinajstić information content (AvgIpc) is 2.46. The molecule has 0 amide bonds. The zero-order chi connectivity index (χ0) is 18.8. The van der Waals surface area contributed by atoms with Crippen molar-refractivity contribution < 1.29 is 4.12 Å². The van der Waals surface area contributed by atoms with Gasteiger partial charge >= 0.3 is 0 Å². The van der Waals surface area contributed by atoms with Gasteiger partial charge in [0.15, 0.2) is 0 Å². The molecule has 4 atom stereocenters. The Labute approximate surface area is 159 Å². The molecular weight excluding hydrogens is 340 g/mol. The highest BCUT2D eigenvalue weighted by Gasteiger charge is 2.41. The van der Waals surface area contributed by atoms with Gasteiger partial charge in [-0.1, -0.05) is 40.5 Å². The zero-order valence-corrected chi connectivity index (χ0v) is 20.1. The molecule has 0 heterocycles. The second-order valence-electron chi connectivity index (χ2n) is 10.2. The second kappa shape index (κ2) is 8.55. The zero-order valence-electron chi connectivity index (χ0n) is 18.1. The molecule has 2 N–H and O–H groups in total. The van der Waals surface area contributed by atoms with E-state index >= 15 is 0 Å². The Balaban J connectivity index is 1.97. The Kier molecular flexibility index (Phi) is 7.39. The van der Waals surface area contributed by atoms with Crippen molar-refractivity contribution in [1.82, 2.24) is 9.96 Å². The highest BCUT2D eigenvalue weighted by atomic mass is 28.4. The number of rotatable bonds is 6. The Hall–Kier alpha value is 0.314. The first-order valence-corrected chi connectivity index (χ1v) is 16.6. The predicted molar refractivity (Wildman–Crippen MR) is 114 cm³/mol. The van der Waals surface area contributed by atoms with Crippen LogP contribution in [0.3, 0.4) is 0 Å². The van der Waals surface area contributed by atoms with Gasteiger partial charge in [-0.15, -0.1) is 0 Å². The van der Waals surface area contributed by atoms with E-state index in [4.69, 9.17) is 4.12 Å². The van der Waals surface area contributed by atoms with Gasteiger partial charge < -0.3 is 14.1 Å². The molecule has 4 unspecified atom stereocenters. The normalized spacial score (nSPS) is 37.9. The van der Waals surface area contributed by atoms with E-state index in [0.29, 0.717) is 12.1 Å². The first-order chi connectivity index (χ1) is 11.5. The van der Waals surface area contributed by atoms with Crippen LogP contribution in [0.5, 0.6) is 0 Å². The molecule has 148 valence electrons. The summed E-state index contributed by atoms with van der Waals surface area (Å²) in [5.41, 5.74) is 0. The lowest BCUT2D eigenvalue weighted by atomic mass is 9.79. The predicted octanol–water partition coefficient (Wildman–Crippen LogP) is 5.24. The highest BCUT2D eigenvalue weighted by Crippen LogP contribution is 2.32. The van der Waals surface area contributed by atoms with Crippen LogP contribution in [0.25, 0.3) is 0 Å². The Morgan fingerprint density at radius 3 is 1.16 bits per heavy atom. The van der Waals surface area contributed by atoms with Gasteiger partial charge in [-0.25, -0.2) is 0 Å². The van der Waals surface area contributed by atoms with Crippen molar-refractivity contribution in [2.24, 2.45) is 23.7 Å². The molecule has 0 aromatic heterocycles. The van der Waals surface area contributed by atoms with Gasteiger partial charge in [0.1, 0.15) is 0 Å². The quantitative estimate of drug-likeness (QED) is 0.615. The van der Waals surface area contributed by atoms with Crippen molar-refractivity contribution in [3.05, 3.63) is 0 Å². The van der Waals surface area contributed by atoms with Crippen molar-refractivity contribution in [3.8, 4) is 0 Å². The van der Waals surface area contributed by atoms with Gasteiger partial charge in [-0.05, 0) is 75.5 Å². The van der Waals surface area contributed by atoms with Gasteiger partial charge in [0.25, 0.3) is 17.0 Å². The second-order valence-corrected chi connectivity index (χ2v) is 17.7. The monoisotopic (exact) mass is 384 g/mol. The summed E-state index contributed by atoms with van der Waals surface area (Å²) in [6.07, 6.45) is 8.24. The molecule has 0 spiro atoms. The van der Waals surface area contributed by atoms with E-state index in [1.165, 1.54) is 38.5 Å². The maximum absolute atomic E-state index is 6.88. The molecule has 2 aliphatic rings. The molecule has 0 aromatic rings. The van der Waals surface area contributed by atoms with Gasteiger partial charge in [0.2, 0.25) is 0 Å². The van der Waals surface area contributed by atoms with Gasteiger partial charge in [0, 0.05) is 12.1 Å². The number of hydrogen-bond donors (Lipinski definition) is 2. The molecule has 2 aliphatic carbocycles. The summed E-state index contributed by atoms with van der Waals surface area (Å²) in [7, 11) is -3.78. The van der Waals surface area contributed by atoms with E-state index in [1.54, 1.807) is 0 Å². The number of nitrogens with one attached hydrogen (secondary N) is 2. The average molecular weight is 385 g/mol. The van der Waals surface area contributed by atoms with Crippen LogP contribution in [0.4, 0.5) is 0 Å². The lowest BCUT2D eigenvalue weighted by Crippen LogP contribution is -2.66. The molecule has 25 heavy (non-hydrogen) atoms. The maximum Gasteiger partial charge on any atom is 0.253 e. The molecular formula is C20H44N2OSi2. The van der Waals surface area contributed by atoms with Crippen molar-refractivity contribution in [2.45, 2.75) is 104 Å². The van der Waals surface area contributed by atoms with E-state index in [1.807, 2.05) is 0 Å². The van der Waals surface area contributed by atoms with Crippen LogP contribution in [0.2, 0.25) is 26.2 Å². The SMILES string of the molecule is CC1CCCC(C)C1N[Si](C)(C)O[Si](C)(C)NC1C(C)CCCC1C. The fourth-order valence-electron chi connectivity index (χ4n) is 5.43. The van der Waals surface area contributed by atoms with Crippen molar-refractivity contribution in [3.63, 3.8) is 0 Å². The van der Waals surface area contributed by atoms with E-state index in [0.717, 1.165) is 23.7 Å². The van der Waals surface area contributed by atoms with Gasteiger partial charge in [0.05, 0.1) is 0 Å². The smallest absolute Gasteiger partial charge is 0.253 e. The first kappa shape index (κ1) is 21.6. The molecule has 3 nitrogen and oxygen atoms in total. The minimum Gasteiger partial charge on any atom is -0.433 e. The summed E-state index contributed by atoms with van der Waals surface area (Å²) in [6, 6.07) is 1.26. The van der Waals surface area contributed by atoms with Crippen molar-refractivity contribution >= 4 is 17.0 Å². The van der Waals surface area contributed by atoms with Crippen LogP contribution in [0.1, 0.15) is 66.2 Å². The van der Waals surface area contributed by atoms with Crippen LogP contribution in [0.15, 0.2) is 0 Å². The van der Waals surface area contributed by atoms with E-state index in [2.05, 4.69) is 63.8 Å². The fourth-order valence-corrected chi connectivity index (χ4v) is 13.8. The molecule has 2 fully saturated rings. The van der Waals surface area contributed by atoms with E-state index in [9.17, 15) is 0 Å². The van der Waals surface area contributed by atoms with E-state index < -0.39 is 17.0 Å². The Morgan fingerprint density at radius 2 is 0.880 bits per heavy atom. The summed E-state index contributed by atoms with van der Waals surface area (Å²) in [4.78, 5) is 8.04. The minimum absolute atomic E-state index is 0.632. The lowest BCUT2D eigenvalue weighted by Gasteiger charge is -2.45. The Bertz CT molecular complexity index is 372. The molecule has 0 bridgehead atoms. The summed E-state index contributed by atoms with van der Waals surface area (Å²) in [5, 5.41) is 0. The third-order valence-electron chi connectivity index (χ3n) is 6.63. The molecule has 0 radical (unpaired) electrons. The topological polar surface area (TPSA) is 33.3 Å². The van der Waals surface area contributed by atoms with Crippen LogP contribution in [-0.2, 0) is 4.12 Å². The third kappa shape index (κ3) is 6.16. The van der Waals surface area contributed by atoms with Crippen LogP contribution in [0, 0.1) is 23.7 Å². The lowest BCUT2D eigenvalue weighted by molar-refractivity contribution is 0.218. The number of hydrogen-bond acceptors (Lipinski definition) is 3. The summed E-state index contributed by atoms with van der Waals surface area (Å²) >= 11 is 0. The third-order valence-corrected chi connectivity index (χ3v) is 12.8. The van der Waals surface area contributed by atoms with Gasteiger partial charge in [-0.3, -0.25) is 0 Å². The highest BCUT2D eigenvalue weighted by molar-refractivity contribution is 6.82. The molecule has 2 saturated carbocycles. The maximum atomic E-state index is 6.88. The molecule has 0 aliphatic heterocycles. The van der Waals surface area contributed by atoms with E-state index in [-0.39, 0.29) is 0 Å². The molecule has 2 rings (SSSR count). The van der Waals surface area contributed by atoms with Gasteiger partial charge in [-0.2, -0.15) is 0 Å². The standard InChI is InChI=1S/C20H44N2OSi2/c1-15-11-9-12-16(2)19(15)21-24(5,6)23-25(7,8)22-20-17(3)13-10-14-18(20)4/h15-22H,9-14H2,1-8H3. The van der Waals surface area contributed by atoms with Crippen molar-refractivity contribution in [1.29, 1.82) is 0 Å². The summed E-state index contributed by atoms with van der Waals surface area (Å²) in [5.74, 6) is 3.09. The molecule has 0 aromatic carbocycles. The first-order valence-electron chi connectivity index (χ1n) is 10.8.